The maximum atomic E-state index is 10.9. The van der Waals surface area contributed by atoms with Crippen LogP contribution in [-0.4, -0.2) is 35.3 Å². The van der Waals surface area contributed by atoms with Crippen LogP contribution in [0.4, 0.5) is 5.69 Å². The quantitative estimate of drug-likeness (QED) is 0.598. The summed E-state index contributed by atoms with van der Waals surface area (Å²) in [5.74, 6) is -0.856. The molecule has 1 unspecified atom stereocenters. The lowest BCUT2D eigenvalue weighted by Gasteiger charge is -2.14. The number of carboxylic acid groups (broad SMARTS) is 1. The fourth-order valence-corrected chi connectivity index (χ4v) is 1.51. The first kappa shape index (κ1) is 14.9. The van der Waals surface area contributed by atoms with Crippen LogP contribution in [0.3, 0.4) is 0 Å². The van der Waals surface area contributed by atoms with Crippen molar-refractivity contribution in [1.82, 2.24) is 0 Å². The zero-order valence-corrected chi connectivity index (χ0v) is 10.7. The van der Waals surface area contributed by atoms with E-state index in [1.165, 1.54) is 12.1 Å². The molecule has 0 spiro atoms. The largest absolute Gasteiger partial charge is 0.490 e. The summed E-state index contributed by atoms with van der Waals surface area (Å²) in [6.45, 7) is 3.26. The van der Waals surface area contributed by atoms with Crippen molar-refractivity contribution in [3.63, 3.8) is 0 Å². The summed E-state index contributed by atoms with van der Waals surface area (Å²) in [6, 6.07) is 4.39. The number of hydrogen-bond donors (Lipinski definition) is 1. The van der Waals surface area contributed by atoms with Gasteiger partial charge in [0.1, 0.15) is 12.4 Å². The van der Waals surface area contributed by atoms with Gasteiger partial charge in [-0.25, -0.2) is 4.79 Å². The minimum absolute atomic E-state index is 0.0687. The second-order valence-corrected chi connectivity index (χ2v) is 3.75. The van der Waals surface area contributed by atoms with Crippen molar-refractivity contribution in [2.45, 2.75) is 20.0 Å². The van der Waals surface area contributed by atoms with Crippen LogP contribution in [0, 0.1) is 17.0 Å². The first-order chi connectivity index (χ1) is 8.97. The molecule has 7 nitrogen and oxygen atoms in total. The van der Waals surface area contributed by atoms with Gasteiger partial charge in [-0.3, -0.25) is 10.1 Å². The zero-order valence-electron chi connectivity index (χ0n) is 10.7. The summed E-state index contributed by atoms with van der Waals surface area (Å²) in [5, 5.41) is 19.6. The van der Waals surface area contributed by atoms with Crippen molar-refractivity contribution in [2.24, 2.45) is 0 Å². The summed E-state index contributed by atoms with van der Waals surface area (Å²) < 4.78 is 10.3. The highest BCUT2D eigenvalue weighted by molar-refractivity contribution is 5.72. The highest BCUT2D eigenvalue weighted by Gasteiger charge is 2.20. The molecule has 1 N–H and O–H groups in total. The second-order valence-electron chi connectivity index (χ2n) is 3.75. The first-order valence-electron chi connectivity index (χ1n) is 5.68. The minimum atomic E-state index is -1.13. The van der Waals surface area contributed by atoms with E-state index in [4.69, 9.17) is 14.6 Å². The van der Waals surface area contributed by atoms with E-state index in [-0.39, 0.29) is 24.7 Å². The van der Waals surface area contributed by atoms with Gasteiger partial charge in [0.25, 0.3) is 5.69 Å². The molecular weight excluding hydrogens is 254 g/mol. The fourth-order valence-electron chi connectivity index (χ4n) is 1.51. The maximum absolute atomic E-state index is 10.9. The van der Waals surface area contributed by atoms with E-state index in [1.54, 1.807) is 19.9 Å². The van der Waals surface area contributed by atoms with Gasteiger partial charge in [0, 0.05) is 12.7 Å². The van der Waals surface area contributed by atoms with E-state index in [0.29, 0.717) is 5.56 Å². The van der Waals surface area contributed by atoms with Crippen molar-refractivity contribution in [3.8, 4) is 5.75 Å². The van der Waals surface area contributed by atoms with E-state index in [0.717, 1.165) is 0 Å². The summed E-state index contributed by atoms with van der Waals surface area (Å²) in [6.07, 6.45) is -1.09. The molecule has 0 aliphatic carbocycles. The van der Waals surface area contributed by atoms with Gasteiger partial charge >= 0.3 is 5.97 Å². The second kappa shape index (κ2) is 6.69. The molecule has 1 aromatic rings. The standard InChI is InChI=1S/C12H15NO6/c1-3-18-11(12(14)15)7-19-10-6-4-5-9(8(10)2)13(16)17/h4-6,11H,3,7H2,1-2H3,(H,14,15). The molecule has 19 heavy (non-hydrogen) atoms. The molecular formula is C12H15NO6. The van der Waals surface area contributed by atoms with Crippen LogP contribution in [0.5, 0.6) is 5.75 Å². The highest BCUT2D eigenvalue weighted by atomic mass is 16.6. The number of carbonyl (C=O) groups is 1. The third kappa shape index (κ3) is 3.92. The van der Waals surface area contributed by atoms with Crippen molar-refractivity contribution in [2.75, 3.05) is 13.2 Å². The molecule has 0 heterocycles. The summed E-state index contributed by atoms with van der Waals surface area (Å²) in [4.78, 5) is 21.1. The van der Waals surface area contributed by atoms with Crippen molar-refractivity contribution >= 4 is 11.7 Å². The molecule has 0 aromatic heterocycles. The molecule has 0 aliphatic heterocycles. The molecule has 1 atom stereocenters. The molecule has 0 radical (unpaired) electrons. The Morgan fingerprint density at radius 3 is 2.74 bits per heavy atom. The van der Waals surface area contributed by atoms with Crippen LogP contribution in [0.25, 0.3) is 0 Å². The lowest BCUT2D eigenvalue weighted by atomic mass is 10.2. The number of ether oxygens (including phenoxy) is 2. The molecule has 0 fully saturated rings. The molecule has 0 saturated carbocycles. The number of nitro groups is 1. The fraction of sp³-hybridized carbons (Fsp3) is 0.417. The number of nitrogens with zero attached hydrogens (tertiary/aromatic N) is 1. The van der Waals surface area contributed by atoms with E-state index >= 15 is 0 Å². The average Bonchev–Trinajstić information content (AvgIpc) is 2.35. The lowest BCUT2D eigenvalue weighted by molar-refractivity contribution is -0.385. The Bertz CT molecular complexity index is 473. The Morgan fingerprint density at radius 2 is 2.21 bits per heavy atom. The van der Waals surface area contributed by atoms with Gasteiger partial charge in [-0.15, -0.1) is 0 Å². The molecule has 7 heteroatoms. The van der Waals surface area contributed by atoms with Gasteiger partial charge in [0.15, 0.2) is 6.10 Å². The Morgan fingerprint density at radius 1 is 1.53 bits per heavy atom. The zero-order chi connectivity index (χ0) is 14.4. The number of carboxylic acids is 1. The number of benzene rings is 1. The van der Waals surface area contributed by atoms with Crippen LogP contribution in [0.2, 0.25) is 0 Å². The molecule has 0 saturated heterocycles. The molecule has 104 valence electrons. The maximum Gasteiger partial charge on any atom is 0.336 e. The number of rotatable bonds is 7. The molecule has 0 amide bonds. The SMILES string of the molecule is CCOC(COc1cccc([N+](=O)[O-])c1C)C(=O)O. The third-order valence-corrected chi connectivity index (χ3v) is 2.49. The number of hydrogen-bond acceptors (Lipinski definition) is 5. The van der Waals surface area contributed by atoms with Gasteiger partial charge in [-0.2, -0.15) is 0 Å². The highest BCUT2D eigenvalue weighted by Crippen LogP contribution is 2.27. The predicted octanol–water partition coefficient (Wildman–Crippen LogP) is 1.77. The summed E-state index contributed by atoms with van der Waals surface area (Å²) in [7, 11) is 0. The van der Waals surface area contributed by atoms with E-state index in [1.807, 2.05) is 0 Å². The Kier molecular flexibility index (Phi) is 5.25. The summed E-state index contributed by atoms with van der Waals surface area (Å²) >= 11 is 0. The third-order valence-electron chi connectivity index (χ3n) is 2.49. The Hall–Kier alpha value is -2.15. The number of aliphatic carboxylic acids is 1. The van der Waals surface area contributed by atoms with Crippen LogP contribution < -0.4 is 4.74 Å². The lowest BCUT2D eigenvalue weighted by Crippen LogP contribution is -2.30. The molecule has 0 bridgehead atoms. The van der Waals surface area contributed by atoms with Crippen molar-refractivity contribution < 1.29 is 24.3 Å². The van der Waals surface area contributed by atoms with Crippen molar-refractivity contribution in [3.05, 3.63) is 33.9 Å². The van der Waals surface area contributed by atoms with E-state index < -0.39 is 17.0 Å². The Balaban J connectivity index is 2.80. The van der Waals surface area contributed by atoms with Gasteiger partial charge in [-0.05, 0) is 19.9 Å². The first-order valence-corrected chi connectivity index (χ1v) is 5.68. The average molecular weight is 269 g/mol. The van der Waals surface area contributed by atoms with Crippen LogP contribution in [-0.2, 0) is 9.53 Å². The van der Waals surface area contributed by atoms with Crippen molar-refractivity contribution in [1.29, 1.82) is 0 Å². The van der Waals surface area contributed by atoms with Crippen LogP contribution >= 0.6 is 0 Å². The van der Waals surface area contributed by atoms with Gasteiger partial charge in [-0.1, -0.05) is 6.07 Å². The van der Waals surface area contributed by atoms with E-state index in [9.17, 15) is 14.9 Å². The summed E-state index contributed by atoms with van der Waals surface area (Å²) in [5.41, 5.74) is 0.286. The molecule has 0 aliphatic rings. The van der Waals surface area contributed by atoms with Crippen LogP contribution in [0.1, 0.15) is 12.5 Å². The smallest absolute Gasteiger partial charge is 0.336 e. The van der Waals surface area contributed by atoms with E-state index in [2.05, 4.69) is 0 Å². The van der Waals surface area contributed by atoms with Crippen LogP contribution in [0.15, 0.2) is 18.2 Å². The predicted molar refractivity (Wildman–Crippen MR) is 66.4 cm³/mol. The van der Waals surface area contributed by atoms with Gasteiger partial charge < -0.3 is 14.6 Å². The van der Waals surface area contributed by atoms with Gasteiger partial charge in [0.05, 0.1) is 10.5 Å². The molecule has 1 aromatic carbocycles. The minimum Gasteiger partial charge on any atom is -0.490 e. The molecule has 1 rings (SSSR count). The number of nitro benzene ring substituents is 1. The Labute approximate surface area is 109 Å². The normalized spacial score (nSPS) is 11.9. The topological polar surface area (TPSA) is 98.9 Å². The van der Waals surface area contributed by atoms with Gasteiger partial charge in [0.2, 0.25) is 0 Å². The monoisotopic (exact) mass is 269 g/mol.